The van der Waals surface area contributed by atoms with Crippen LogP contribution in [0, 0.1) is 0 Å². The lowest BCUT2D eigenvalue weighted by atomic mass is 10.1. The Morgan fingerprint density at radius 2 is 1.80 bits per heavy atom. The summed E-state index contributed by atoms with van der Waals surface area (Å²) in [5.74, 6) is -0.580. The van der Waals surface area contributed by atoms with Gasteiger partial charge >= 0.3 is 6.18 Å². The molecule has 6 nitrogen and oxygen atoms in total. The molecule has 156 valence electrons. The van der Waals surface area contributed by atoms with Crippen LogP contribution in [0.1, 0.15) is 21.7 Å². The molecule has 0 aliphatic heterocycles. The molecule has 2 N–H and O–H groups in total. The summed E-state index contributed by atoms with van der Waals surface area (Å²) in [5.41, 5.74) is -0.414. The van der Waals surface area contributed by atoms with E-state index >= 15 is 0 Å². The van der Waals surface area contributed by atoms with Crippen LogP contribution < -0.4 is 15.4 Å². The van der Waals surface area contributed by atoms with Gasteiger partial charge < -0.3 is 19.8 Å². The number of benzene rings is 2. The number of nitrogens with one attached hydrogen (secondary N) is 2. The van der Waals surface area contributed by atoms with Crippen LogP contribution in [0.2, 0.25) is 0 Å². The van der Waals surface area contributed by atoms with E-state index < -0.39 is 30.2 Å². The Hall–Kier alpha value is -3.75. The fourth-order valence-corrected chi connectivity index (χ4v) is 2.56. The highest BCUT2D eigenvalue weighted by atomic mass is 19.4. The average Bonchev–Trinajstić information content (AvgIpc) is 3.24. The third-order valence-electron chi connectivity index (χ3n) is 3.98. The lowest BCUT2D eigenvalue weighted by Crippen LogP contribution is -2.26. The predicted octanol–water partition coefficient (Wildman–Crippen LogP) is 4.25. The number of alkyl halides is 3. The Bertz CT molecular complexity index is 1020. The minimum Gasteiger partial charge on any atom is -0.484 e. The molecular weight excluding hydrogens is 401 g/mol. The Morgan fingerprint density at radius 1 is 1.00 bits per heavy atom. The van der Waals surface area contributed by atoms with E-state index in [1.54, 1.807) is 24.3 Å². The van der Waals surface area contributed by atoms with E-state index in [2.05, 4.69) is 10.6 Å². The molecule has 2 aromatic carbocycles. The number of amides is 2. The monoisotopic (exact) mass is 418 g/mol. The summed E-state index contributed by atoms with van der Waals surface area (Å²) in [5, 5.41) is 5.20. The van der Waals surface area contributed by atoms with Gasteiger partial charge in [0.1, 0.15) is 11.5 Å². The van der Waals surface area contributed by atoms with Crippen LogP contribution in [0.15, 0.2) is 71.3 Å². The number of para-hydroxylation sites is 1. The maximum Gasteiger partial charge on any atom is 0.416 e. The number of hydrogen-bond donors (Lipinski definition) is 2. The Balaban J connectivity index is 1.60. The summed E-state index contributed by atoms with van der Waals surface area (Å²) in [6, 6.07) is 14.0. The van der Waals surface area contributed by atoms with Gasteiger partial charge in [-0.1, -0.05) is 18.2 Å². The van der Waals surface area contributed by atoms with E-state index in [9.17, 15) is 22.8 Å². The second kappa shape index (κ2) is 9.17. The first-order valence-electron chi connectivity index (χ1n) is 8.82. The van der Waals surface area contributed by atoms with Gasteiger partial charge in [-0.3, -0.25) is 9.59 Å². The van der Waals surface area contributed by atoms with Crippen molar-refractivity contribution in [3.8, 4) is 5.75 Å². The van der Waals surface area contributed by atoms with Crippen molar-refractivity contribution in [2.75, 3.05) is 11.9 Å². The maximum absolute atomic E-state index is 12.7. The smallest absolute Gasteiger partial charge is 0.416 e. The highest BCUT2D eigenvalue weighted by Gasteiger charge is 2.30. The third kappa shape index (κ3) is 5.63. The summed E-state index contributed by atoms with van der Waals surface area (Å²) in [6.45, 7) is -0.351. The molecule has 3 aromatic rings. The van der Waals surface area contributed by atoms with Crippen molar-refractivity contribution in [2.24, 2.45) is 0 Å². The highest BCUT2D eigenvalue weighted by molar-refractivity contribution is 6.03. The quantitative estimate of drug-likeness (QED) is 0.601. The number of ether oxygens (including phenoxy) is 1. The topological polar surface area (TPSA) is 80.6 Å². The lowest BCUT2D eigenvalue weighted by molar-refractivity contribution is -0.137. The number of anilines is 1. The minimum absolute atomic E-state index is 0.0931. The van der Waals surface area contributed by atoms with Gasteiger partial charge in [-0.15, -0.1) is 0 Å². The first-order chi connectivity index (χ1) is 14.3. The summed E-state index contributed by atoms with van der Waals surface area (Å²) < 4.78 is 48.5. The van der Waals surface area contributed by atoms with Gasteiger partial charge in [0.2, 0.25) is 0 Å². The van der Waals surface area contributed by atoms with Crippen molar-refractivity contribution in [3.05, 3.63) is 83.8 Å². The molecule has 30 heavy (non-hydrogen) atoms. The molecule has 3 rings (SSSR count). The molecular formula is C21H17F3N2O4. The van der Waals surface area contributed by atoms with Crippen LogP contribution in [-0.2, 0) is 17.5 Å². The highest BCUT2D eigenvalue weighted by Crippen LogP contribution is 2.31. The zero-order valence-electron chi connectivity index (χ0n) is 15.5. The fraction of sp³-hybridized carbons (Fsp3) is 0.143. The van der Waals surface area contributed by atoms with Gasteiger partial charge in [0.25, 0.3) is 11.8 Å². The predicted molar refractivity (Wildman–Crippen MR) is 102 cm³/mol. The van der Waals surface area contributed by atoms with E-state index in [0.29, 0.717) is 5.76 Å². The molecule has 0 saturated carbocycles. The first-order valence-corrected chi connectivity index (χ1v) is 8.82. The summed E-state index contributed by atoms with van der Waals surface area (Å²) in [7, 11) is 0. The van der Waals surface area contributed by atoms with E-state index in [1.807, 2.05) is 0 Å². The largest absolute Gasteiger partial charge is 0.484 e. The fourth-order valence-electron chi connectivity index (χ4n) is 2.56. The molecule has 1 aromatic heterocycles. The van der Waals surface area contributed by atoms with Crippen LogP contribution >= 0.6 is 0 Å². The molecule has 0 bridgehead atoms. The zero-order valence-corrected chi connectivity index (χ0v) is 15.5. The number of furan rings is 1. The summed E-state index contributed by atoms with van der Waals surface area (Å²) in [4.78, 5) is 24.6. The number of carbonyl (C=O) groups excluding carboxylic acids is 2. The molecule has 1 heterocycles. The molecule has 0 aliphatic carbocycles. The lowest BCUT2D eigenvalue weighted by Gasteiger charge is -2.12. The van der Waals surface area contributed by atoms with Crippen molar-refractivity contribution in [3.63, 3.8) is 0 Å². The normalized spacial score (nSPS) is 11.0. The maximum atomic E-state index is 12.7. The Labute approximate surface area is 169 Å². The van der Waals surface area contributed by atoms with E-state index in [-0.39, 0.29) is 23.5 Å². The van der Waals surface area contributed by atoms with Crippen molar-refractivity contribution in [2.45, 2.75) is 12.7 Å². The van der Waals surface area contributed by atoms with Crippen LogP contribution in [-0.4, -0.2) is 18.4 Å². The summed E-state index contributed by atoms with van der Waals surface area (Å²) in [6.07, 6.45) is -3.02. The van der Waals surface area contributed by atoms with Gasteiger partial charge in [0.05, 0.1) is 29.6 Å². The SMILES string of the molecule is O=C(COc1cccc(C(F)(F)F)c1)Nc1ccccc1C(=O)NCc1ccco1. The number of halogens is 3. The molecule has 0 spiro atoms. The van der Waals surface area contributed by atoms with Crippen LogP contribution in [0.3, 0.4) is 0 Å². The van der Waals surface area contributed by atoms with Gasteiger partial charge in [0.15, 0.2) is 6.61 Å². The first kappa shape index (κ1) is 21.0. The van der Waals surface area contributed by atoms with Gasteiger partial charge in [0, 0.05) is 0 Å². The molecule has 0 atom stereocenters. The molecule has 0 saturated heterocycles. The van der Waals surface area contributed by atoms with E-state index in [1.165, 1.54) is 30.5 Å². The zero-order chi connectivity index (χ0) is 21.6. The number of carbonyl (C=O) groups is 2. The molecule has 0 aliphatic rings. The van der Waals surface area contributed by atoms with Crippen LogP contribution in [0.4, 0.5) is 18.9 Å². The van der Waals surface area contributed by atoms with Gasteiger partial charge in [-0.05, 0) is 42.5 Å². The Morgan fingerprint density at radius 3 is 2.53 bits per heavy atom. The van der Waals surface area contributed by atoms with Crippen molar-refractivity contribution < 1.29 is 31.9 Å². The molecule has 9 heteroatoms. The van der Waals surface area contributed by atoms with Gasteiger partial charge in [-0.2, -0.15) is 13.2 Å². The number of hydrogen-bond acceptors (Lipinski definition) is 4. The average molecular weight is 418 g/mol. The Kier molecular flexibility index (Phi) is 6.41. The van der Waals surface area contributed by atoms with Gasteiger partial charge in [-0.25, -0.2) is 0 Å². The van der Waals surface area contributed by atoms with Crippen molar-refractivity contribution >= 4 is 17.5 Å². The standard InChI is InChI=1S/C21H17F3N2O4/c22-21(23,24)14-5-3-6-15(11-14)30-13-19(27)26-18-9-2-1-8-17(18)20(28)25-12-16-7-4-10-29-16/h1-11H,12-13H2,(H,25,28)(H,26,27). The summed E-state index contributed by atoms with van der Waals surface area (Å²) >= 11 is 0. The van der Waals surface area contributed by atoms with E-state index in [0.717, 1.165) is 12.1 Å². The third-order valence-corrected chi connectivity index (χ3v) is 3.98. The molecule has 0 fully saturated rings. The molecule has 2 amide bonds. The molecule has 0 radical (unpaired) electrons. The minimum atomic E-state index is -4.51. The van der Waals surface area contributed by atoms with Crippen LogP contribution in [0.25, 0.3) is 0 Å². The van der Waals surface area contributed by atoms with Crippen molar-refractivity contribution in [1.82, 2.24) is 5.32 Å². The van der Waals surface area contributed by atoms with E-state index in [4.69, 9.17) is 9.15 Å². The second-order valence-corrected chi connectivity index (χ2v) is 6.17. The van der Waals surface area contributed by atoms with Crippen LogP contribution in [0.5, 0.6) is 5.75 Å². The van der Waals surface area contributed by atoms with Crippen molar-refractivity contribution in [1.29, 1.82) is 0 Å². The number of rotatable bonds is 7. The second-order valence-electron chi connectivity index (χ2n) is 6.17. The molecule has 0 unspecified atom stereocenters.